The lowest BCUT2D eigenvalue weighted by atomic mass is 10.1. The molecule has 0 spiro atoms. The summed E-state index contributed by atoms with van der Waals surface area (Å²) < 4.78 is 20.7. The Labute approximate surface area is 67.3 Å². The maximum atomic E-state index is 11.0. The average Bonchev–Trinajstić information content (AvgIpc) is 1.86. The van der Waals surface area contributed by atoms with Crippen LogP contribution in [0.5, 0.6) is 0 Å². The second-order valence-electron chi connectivity index (χ2n) is 2.61. The lowest BCUT2D eigenvalue weighted by Gasteiger charge is -2.16. The van der Waals surface area contributed by atoms with Crippen LogP contribution in [0.1, 0.15) is 13.3 Å². The molecular weight excluding hydrogens is 162 g/mol. The summed E-state index contributed by atoms with van der Waals surface area (Å²) in [6.45, 7) is 4.78. The predicted molar refractivity (Wildman–Crippen MR) is 43.7 cm³/mol. The van der Waals surface area contributed by atoms with Crippen molar-refractivity contribution in [2.45, 2.75) is 18.1 Å². The van der Waals surface area contributed by atoms with Gasteiger partial charge in [0.1, 0.15) is 0 Å². The van der Waals surface area contributed by atoms with Crippen molar-refractivity contribution in [1.82, 2.24) is 0 Å². The third-order valence-corrected chi connectivity index (χ3v) is 3.48. The molecule has 0 saturated carbocycles. The number of allylic oxidation sites excluding steroid dienone is 1. The number of hydrogen-bond acceptors (Lipinski definition) is 3. The molecule has 0 aromatic heterocycles. The third kappa shape index (κ3) is 2.05. The Morgan fingerprint density at radius 1 is 1.73 bits per heavy atom. The lowest BCUT2D eigenvalue weighted by molar-refractivity contribution is 0.573. The molecule has 3 nitrogen and oxygen atoms in total. The summed E-state index contributed by atoms with van der Waals surface area (Å²) >= 11 is 0. The first-order valence-electron chi connectivity index (χ1n) is 3.09. The number of hydrogen-bond donors (Lipinski definition) is 0. The smallest absolute Gasteiger partial charge is 0.166 e. The molecule has 0 heterocycles. The van der Waals surface area contributed by atoms with Gasteiger partial charge in [-0.3, -0.25) is 0 Å². The molecule has 0 radical (unpaired) electrons. The summed E-state index contributed by atoms with van der Waals surface area (Å²) in [7, 11) is -3.31. The Balaban J connectivity index is 4.95. The van der Waals surface area contributed by atoms with Crippen molar-refractivity contribution in [3.05, 3.63) is 12.7 Å². The van der Waals surface area contributed by atoms with E-state index < -0.39 is 14.6 Å². The number of sulfone groups is 1. The zero-order valence-corrected chi connectivity index (χ0v) is 7.48. The third-order valence-electron chi connectivity index (χ3n) is 1.59. The molecule has 0 saturated heterocycles. The molecule has 0 aliphatic rings. The molecule has 0 rings (SSSR count). The van der Waals surface area contributed by atoms with E-state index in [1.54, 1.807) is 6.07 Å². The van der Waals surface area contributed by atoms with E-state index in [1.807, 2.05) is 0 Å². The van der Waals surface area contributed by atoms with Crippen LogP contribution in [-0.4, -0.2) is 19.4 Å². The molecule has 0 aromatic rings. The number of rotatable bonds is 3. The number of nitriles is 1. The van der Waals surface area contributed by atoms with Gasteiger partial charge in [0.05, 0.1) is 6.07 Å². The molecule has 11 heavy (non-hydrogen) atoms. The fourth-order valence-electron chi connectivity index (χ4n) is 0.555. The highest BCUT2D eigenvalue weighted by molar-refractivity contribution is 7.92. The van der Waals surface area contributed by atoms with E-state index in [1.165, 1.54) is 13.0 Å². The van der Waals surface area contributed by atoms with Crippen molar-refractivity contribution < 1.29 is 8.42 Å². The standard InChI is InChI=1S/C7H11NO2S/c1-4-5-7(2,6-8)11(3,9)10/h4H,1,5H2,2-3H3/t7-/m1/s1. The van der Waals surface area contributed by atoms with Crippen LogP contribution in [0.15, 0.2) is 12.7 Å². The highest BCUT2D eigenvalue weighted by Crippen LogP contribution is 2.19. The summed E-state index contributed by atoms with van der Waals surface area (Å²) in [4.78, 5) is 0. The SMILES string of the molecule is C=CC[C@](C)(C#N)S(C)(=O)=O. The maximum Gasteiger partial charge on any atom is 0.166 e. The van der Waals surface area contributed by atoms with Gasteiger partial charge >= 0.3 is 0 Å². The molecule has 62 valence electrons. The molecule has 4 heteroatoms. The Morgan fingerprint density at radius 3 is 2.27 bits per heavy atom. The highest BCUT2D eigenvalue weighted by atomic mass is 32.2. The summed E-state index contributed by atoms with van der Waals surface area (Å²) in [6.07, 6.45) is 2.66. The van der Waals surface area contributed by atoms with Gasteiger partial charge in [-0.1, -0.05) is 6.08 Å². The summed E-state index contributed by atoms with van der Waals surface area (Å²) in [5.74, 6) is 0. The first-order chi connectivity index (χ1) is 4.87. The van der Waals surface area contributed by atoms with Gasteiger partial charge in [-0.2, -0.15) is 5.26 Å². The van der Waals surface area contributed by atoms with Gasteiger partial charge in [0.25, 0.3) is 0 Å². The van der Waals surface area contributed by atoms with Crippen molar-refractivity contribution in [3.8, 4) is 6.07 Å². The second-order valence-corrected chi connectivity index (χ2v) is 5.05. The van der Waals surface area contributed by atoms with E-state index in [-0.39, 0.29) is 6.42 Å². The first kappa shape index (κ1) is 10.2. The zero-order chi connectivity index (χ0) is 9.12. The molecule has 0 amide bonds. The van der Waals surface area contributed by atoms with Gasteiger partial charge in [-0.05, 0) is 13.3 Å². The van der Waals surface area contributed by atoms with Crippen molar-refractivity contribution >= 4 is 9.84 Å². The zero-order valence-electron chi connectivity index (χ0n) is 6.66. The molecular formula is C7H11NO2S. The van der Waals surface area contributed by atoms with Crippen molar-refractivity contribution in [2.24, 2.45) is 0 Å². The topological polar surface area (TPSA) is 57.9 Å². The fraction of sp³-hybridized carbons (Fsp3) is 0.571. The van der Waals surface area contributed by atoms with Crippen molar-refractivity contribution in [2.75, 3.05) is 6.26 Å². The molecule has 0 aliphatic heterocycles. The quantitative estimate of drug-likeness (QED) is 0.595. The molecule has 0 aromatic carbocycles. The van der Waals surface area contributed by atoms with Crippen LogP contribution >= 0.6 is 0 Å². The minimum atomic E-state index is -3.31. The average molecular weight is 173 g/mol. The normalized spacial score (nSPS) is 16.5. The Morgan fingerprint density at radius 2 is 2.18 bits per heavy atom. The van der Waals surface area contributed by atoms with Gasteiger partial charge in [-0.15, -0.1) is 6.58 Å². The van der Waals surface area contributed by atoms with Crippen LogP contribution < -0.4 is 0 Å². The fourth-order valence-corrected chi connectivity index (χ4v) is 1.14. The summed E-state index contributed by atoms with van der Waals surface area (Å²) in [6, 6.07) is 1.76. The first-order valence-corrected chi connectivity index (χ1v) is 4.98. The Kier molecular flexibility index (Phi) is 2.83. The van der Waals surface area contributed by atoms with Gasteiger partial charge in [0.15, 0.2) is 14.6 Å². The Bertz CT molecular complexity index is 286. The predicted octanol–water partition coefficient (Wildman–Crippen LogP) is 0.889. The minimum absolute atomic E-state index is 0.169. The molecule has 0 N–H and O–H groups in total. The van der Waals surface area contributed by atoms with Crippen LogP contribution in [0, 0.1) is 11.3 Å². The van der Waals surface area contributed by atoms with Gasteiger partial charge in [0.2, 0.25) is 0 Å². The molecule has 1 atom stereocenters. The van der Waals surface area contributed by atoms with E-state index in [0.717, 1.165) is 6.26 Å². The van der Waals surface area contributed by atoms with Gasteiger partial charge < -0.3 is 0 Å². The molecule has 0 fully saturated rings. The monoisotopic (exact) mass is 173 g/mol. The highest BCUT2D eigenvalue weighted by Gasteiger charge is 2.34. The summed E-state index contributed by atoms with van der Waals surface area (Å²) in [5.41, 5.74) is 0. The van der Waals surface area contributed by atoms with E-state index in [0.29, 0.717) is 0 Å². The minimum Gasteiger partial charge on any atom is -0.227 e. The van der Waals surface area contributed by atoms with Crippen LogP contribution in [0.25, 0.3) is 0 Å². The second kappa shape index (κ2) is 3.05. The van der Waals surface area contributed by atoms with Crippen LogP contribution in [0.4, 0.5) is 0 Å². The van der Waals surface area contributed by atoms with E-state index in [4.69, 9.17) is 5.26 Å². The van der Waals surface area contributed by atoms with Crippen molar-refractivity contribution in [3.63, 3.8) is 0 Å². The number of nitrogens with zero attached hydrogens (tertiary/aromatic N) is 1. The van der Waals surface area contributed by atoms with Gasteiger partial charge in [-0.25, -0.2) is 8.42 Å². The van der Waals surface area contributed by atoms with Crippen molar-refractivity contribution in [1.29, 1.82) is 5.26 Å². The van der Waals surface area contributed by atoms with Gasteiger partial charge in [0, 0.05) is 6.26 Å². The van der Waals surface area contributed by atoms with E-state index in [9.17, 15) is 8.42 Å². The van der Waals surface area contributed by atoms with Crippen LogP contribution in [0.3, 0.4) is 0 Å². The van der Waals surface area contributed by atoms with E-state index in [2.05, 4.69) is 6.58 Å². The molecule has 0 bridgehead atoms. The lowest BCUT2D eigenvalue weighted by Crippen LogP contribution is -2.31. The Hall–Kier alpha value is -0.820. The van der Waals surface area contributed by atoms with Crippen LogP contribution in [0.2, 0.25) is 0 Å². The molecule has 0 aliphatic carbocycles. The molecule has 0 unspecified atom stereocenters. The van der Waals surface area contributed by atoms with E-state index >= 15 is 0 Å². The largest absolute Gasteiger partial charge is 0.227 e. The maximum absolute atomic E-state index is 11.0. The summed E-state index contributed by atoms with van der Waals surface area (Å²) in [5, 5.41) is 8.58. The van der Waals surface area contributed by atoms with Crippen LogP contribution in [-0.2, 0) is 9.84 Å².